The number of nitrogens with zero attached hydrogens (tertiary/aromatic N) is 1. The van der Waals surface area contributed by atoms with Gasteiger partial charge in [-0.15, -0.1) is 0 Å². The first-order valence-electron chi connectivity index (χ1n) is 7.81. The highest BCUT2D eigenvalue weighted by Gasteiger charge is 2.16. The van der Waals surface area contributed by atoms with Crippen LogP contribution in [0.3, 0.4) is 0 Å². The molecule has 3 nitrogen and oxygen atoms in total. The molecular formula is C15H30N2O. The van der Waals surface area contributed by atoms with Gasteiger partial charge in [-0.2, -0.15) is 0 Å². The minimum Gasteiger partial charge on any atom is -0.381 e. The van der Waals surface area contributed by atoms with Crippen molar-refractivity contribution in [2.75, 3.05) is 46.4 Å². The third kappa shape index (κ3) is 5.25. The molecule has 2 rings (SSSR count). The molecule has 1 N–H and O–H groups in total. The van der Waals surface area contributed by atoms with Crippen molar-refractivity contribution >= 4 is 0 Å². The second kappa shape index (κ2) is 8.13. The normalized spacial score (nSPS) is 26.7. The summed E-state index contributed by atoms with van der Waals surface area (Å²) >= 11 is 0. The van der Waals surface area contributed by atoms with Gasteiger partial charge in [0.2, 0.25) is 0 Å². The second-order valence-corrected chi connectivity index (χ2v) is 6.17. The molecule has 0 spiro atoms. The number of nitrogens with one attached hydrogen (secondary N) is 1. The van der Waals surface area contributed by atoms with Gasteiger partial charge in [-0.25, -0.2) is 0 Å². The Morgan fingerprint density at radius 2 is 2.00 bits per heavy atom. The summed E-state index contributed by atoms with van der Waals surface area (Å²) in [6.45, 7) is 6.99. The molecule has 2 heterocycles. The lowest BCUT2D eigenvalue weighted by atomic mass is 9.94. The molecule has 2 aliphatic rings. The maximum absolute atomic E-state index is 5.42. The molecule has 0 aromatic heterocycles. The molecule has 0 aromatic rings. The van der Waals surface area contributed by atoms with Gasteiger partial charge in [0.1, 0.15) is 0 Å². The highest BCUT2D eigenvalue weighted by molar-refractivity contribution is 4.71. The molecule has 3 heteroatoms. The van der Waals surface area contributed by atoms with Crippen molar-refractivity contribution in [3.8, 4) is 0 Å². The van der Waals surface area contributed by atoms with Gasteiger partial charge in [0, 0.05) is 19.8 Å². The Bertz CT molecular complexity index is 211. The van der Waals surface area contributed by atoms with Gasteiger partial charge < -0.3 is 15.0 Å². The zero-order valence-corrected chi connectivity index (χ0v) is 12.0. The van der Waals surface area contributed by atoms with Gasteiger partial charge in [0.05, 0.1) is 0 Å². The predicted molar refractivity (Wildman–Crippen MR) is 75.9 cm³/mol. The molecule has 2 aliphatic heterocycles. The summed E-state index contributed by atoms with van der Waals surface area (Å²) < 4.78 is 5.42. The molecule has 0 saturated carbocycles. The fraction of sp³-hybridized carbons (Fsp3) is 1.00. The Labute approximate surface area is 112 Å². The first-order valence-corrected chi connectivity index (χ1v) is 7.81. The fourth-order valence-corrected chi connectivity index (χ4v) is 3.28. The maximum atomic E-state index is 5.42. The molecule has 2 saturated heterocycles. The van der Waals surface area contributed by atoms with Gasteiger partial charge in [-0.1, -0.05) is 0 Å². The standard InChI is InChI=1S/C15H30N2O/c1-17(13-15-6-10-18-11-7-15)9-3-5-14-4-2-8-16-12-14/h14-16H,2-13H2,1H3. The van der Waals surface area contributed by atoms with Crippen LogP contribution in [0, 0.1) is 11.8 Å². The average Bonchev–Trinajstić information content (AvgIpc) is 2.41. The van der Waals surface area contributed by atoms with Crippen LogP contribution >= 0.6 is 0 Å². The van der Waals surface area contributed by atoms with Crippen LogP contribution in [0.4, 0.5) is 0 Å². The molecule has 18 heavy (non-hydrogen) atoms. The summed E-state index contributed by atoms with van der Waals surface area (Å²) in [5.41, 5.74) is 0. The van der Waals surface area contributed by atoms with E-state index in [1.165, 1.54) is 64.7 Å². The zero-order chi connectivity index (χ0) is 12.6. The van der Waals surface area contributed by atoms with Crippen LogP contribution in [0.15, 0.2) is 0 Å². The molecule has 0 radical (unpaired) electrons. The van der Waals surface area contributed by atoms with Crippen LogP contribution in [-0.4, -0.2) is 51.3 Å². The largest absolute Gasteiger partial charge is 0.381 e. The topological polar surface area (TPSA) is 24.5 Å². The SMILES string of the molecule is CN(CCCC1CCCNC1)CC1CCOCC1. The maximum Gasteiger partial charge on any atom is 0.0469 e. The quantitative estimate of drug-likeness (QED) is 0.786. The molecule has 106 valence electrons. The monoisotopic (exact) mass is 254 g/mol. The highest BCUT2D eigenvalue weighted by Crippen LogP contribution is 2.18. The first kappa shape index (κ1) is 14.3. The van der Waals surface area contributed by atoms with Crippen molar-refractivity contribution in [3.05, 3.63) is 0 Å². The van der Waals surface area contributed by atoms with E-state index in [0.717, 1.165) is 25.0 Å². The van der Waals surface area contributed by atoms with E-state index >= 15 is 0 Å². The number of hydrogen-bond donors (Lipinski definition) is 1. The lowest BCUT2D eigenvalue weighted by Crippen LogP contribution is -2.32. The van der Waals surface area contributed by atoms with E-state index in [0.29, 0.717) is 0 Å². The smallest absolute Gasteiger partial charge is 0.0469 e. The number of hydrogen-bond acceptors (Lipinski definition) is 3. The van der Waals surface area contributed by atoms with Gasteiger partial charge in [-0.3, -0.25) is 0 Å². The van der Waals surface area contributed by atoms with Crippen molar-refractivity contribution in [3.63, 3.8) is 0 Å². The number of rotatable bonds is 6. The summed E-state index contributed by atoms with van der Waals surface area (Å²) in [4.78, 5) is 2.53. The van der Waals surface area contributed by atoms with E-state index < -0.39 is 0 Å². The number of ether oxygens (including phenoxy) is 1. The molecule has 0 amide bonds. The van der Waals surface area contributed by atoms with Crippen molar-refractivity contribution in [2.45, 2.75) is 38.5 Å². The van der Waals surface area contributed by atoms with Crippen LogP contribution in [0.1, 0.15) is 38.5 Å². The minimum atomic E-state index is 0.875. The van der Waals surface area contributed by atoms with E-state index in [1.807, 2.05) is 0 Å². The Morgan fingerprint density at radius 3 is 2.72 bits per heavy atom. The highest BCUT2D eigenvalue weighted by atomic mass is 16.5. The zero-order valence-electron chi connectivity index (χ0n) is 12.0. The lowest BCUT2D eigenvalue weighted by molar-refractivity contribution is 0.0554. The van der Waals surface area contributed by atoms with Crippen molar-refractivity contribution < 1.29 is 4.74 Å². The Kier molecular flexibility index (Phi) is 6.46. The van der Waals surface area contributed by atoms with E-state index in [4.69, 9.17) is 4.74 Å². The first-order chi connectivity index (χ1) is 8.84. The molecule has 0 bridgehead atoms. The van der Waals surface area contributed by atoms with E-state index in [2.05, 4.69) is 17.3 Å². The Hall–Kier alpha value is -0.120. The Morgan fingerprint density at radius 1 is 1.17 bits per heavy atom. The van der Waals surface area contributed by atoms with Crippen LogP contribution in [0.5, 0.6) is 0 Å². The van der Waals surface area contributed by atoms with Crippen LogP contribution in [0.25, 0.3) is 0 Å². The number of piperidine rings is 1. The van der Waals surface area contributed by atoms with Crippen molar-refractivity contribution in [1.29, 1.82) is 0 Å². The second-order valence-electron chi connectivity index (χ2n) is 6.17. The molecule has 2 fully saturated rings. The summed E-state index contributed by atoms with van der Waals surface area (Å²) in [5, 5.41) is 3.51. The van der Waals surface area contributed by atoms with Gasteiger partial charge in [0.25, 0.3) is 0 Å². The van der Waals surface area contributed by atoms with Crippen molar-refractivity contribution in [2.24, 2.45) is 11.8 Å². The van der Waals surface area contributed by atoms with E-state index in [9.17, 15) is 0 Å². The van der Waals surface area contributed by atoms with Gasteiger partial charge in [-0.05, 0) is 77.0 Å². The van der Waals surface area contributed by atoms with Gasteiger partial charge in [0.15, 0.2) is 0 Å². The van der Waals surface area contributed by atoms with Gasteiger partial charge >= 0.3 is 0 Å². The summed E-state index contributed by atoms with van der Waals surface area (Å²) in [6.07, 6.45) is 8.12. The van der Waals surface area contributed by atoms with Crippen LogP contribution in [-0.2, 0) is 4.74 Å². The lowest BCUT2D eigenvalue weighted by Gasteiger charge is -2.28. The third-order valence-corrected chi connectivity index (χ3v) is 4.46. The molecular weight excluding hydrogens is 224 g/mol. The van der Waals surface area contributed by atoms with Crippen LogP contribution in [0.2, 0.25) is 0 Å². The summed E-state index contributed by atoms with van der Waals surface area (Å²) in [6, 6.07) is 0. The van der Waals surface area contributed by atoms with E-state index in [-0.39, 0.29) is 0 Å². The molecule has 1 unspecified atom stereocenters. The van der Waals surface area contributed by atoms with E-state index in [1.54, 1.807) is 0 Å². The average molecular weight is 254 g/mol. The molecule has 0 aromatic carbocycles. The van der Waals surface area contributed by atoms with Crippen LogP contribution < -0.4 is 5.32 Å². The summed E-state index contributed by atoms with van der Waals surface area (Å²) in [5.74, 6) is 1.82. The predicted octanol–water partition coefficient (Wildman–Crippen LogP) is 2.12. The Balaban J connectivity index is 1.52. The minimum absolute atomic E-state index is 0.875. The van der Waals surface area contributed by atoms with Crippen molar-refractivity contribution in [1.82, 2.24) is 10.2 Å². The fourth-order valence-electron chi connectivity index (χ4n) is 3.28. The third-order valence-electron chi connectivity index (χ3n) is 4.46. The summed E-state index contributed by atoms with van der Waals surface area (Å²) in [7, 11) is 2.29. The molecule has 1 atom stereocenters. The molecule has 0 aliphatic carbocycles.